The fourth-order valence-corrected chi connectivity index (χ4v) is 3.31. The maximum atomic E-state index is 13.0. The molecule has 1 atom stereocenters. The van der Waals surface area contributed by atoms with Gasteiger partial charge in [0.15, 0.2) is 5.82 Å². The van der Waals surface area contributed by atoms with Crippen LogP contribution in [0.15, 0.2) is 71.7 Å². The van der Waals surface area contributed by atoms with Gasteiger partial charge < -0.3 is 20.4 Å². The second-order valence-electron chi connectivity index (χ2n) is 8.72. The average Bonchev–Trinajstić information content (AvgIpc) is 2.93. The summed E-state index contributed by atoms with van der Waals surface area (Å²) in [7, 11) is 0. The second-order valence-corrected chi connectivity index (χ2v) is 8.72. The standard InChI is InChI=1S/C27H28N4O8/c1-16(2)37-27(36)39-38-26(35)17(3)14-29-25(34)22-28-15-20(24(33)31-22)23(32)30-21(18-10-6-4-7-11-18)19-12-8-5-9-13-19/h4-13,15-17,21H,14H2,1-3H3,(H,29,34)(H,30,32)(H,28,31,33). The number of amides is 2. The highest BCUT2D eigenvalue weighted by molar-refractivity contribution is 5.95. The smallest absolute Gasteiger partial charge is 0.429 e. The molecule has 39 heavy (non-hydrogen) atoms. The van der Waals surface area contributed by atoms with Crippen LogP contribution < -0.4 is 16.2 Å². The molecule has 0 aliphatic carbocycles. The lowest BCUT2D eigenvalue weighted by molar-refractivity contribution is -0.248. The van der Waals surface area contributed by atoms with Gasteiger partial charge in [-0.25, -0.2) is 19.6 Å². The Balaban J connectivity index is 1.61. The number of ether oxygens (including phenoxy) is 1. The highest BCUT2D eigenvalue weighted by Gasteiger charge is 2.23. The third-order valence-electron chi connectivity index (χ3n) is 5.30. The summed E-state index contributed by atoms with van der Waals surface area (Å²) < 4.78 is 4.66. The van der Waals surface area contributed by atoms with Gasteiger partial charge in [-0.2, -0.15) is 4.79 Å². The first-order chi connectivity index (χ1) is 18.7. The Morgan fingerprint density at radius 1 is 0.872 bits per heavy atom. The van der Waals surface area contributed by atoms with E-state index in [1.165, 1.54) is 6.92 Å². The lowest BCUT2D eigenvalue weighted by atomic mass is 9.98. The first kappa shape index (κ1) is 28.6. The van der Waals surface area contributed by atoms with Crippen LogP contribution in [-0.4, -0.2) is 46.6 Å². The number of nitrogens with zero attached hydrogens (tertiary/aromatic N) is 1. The molecule has 1 unspecified atom stereocenters. The first-order valence-electron chi connectivity index (χ1n) is 12.0. The number of carbonyl (C=O) groups excluding carboxylic acids is 4. The van der Waals surface area contributed by atoms with Gasteiger partial charge in [0.1, 0.15) is 5.56 Å². The number of nitrogens with one attached hydrogen (secondary N) is 3. The number of carbonyl (C=O) groups is 4. The van der Waals surface area contributed by atoms with E-state index in [1.54, 1.807) is 13.8 Å². The van der Waals surface area contributed by atoms with E-state index >= 15 is 0 Å². The normalized spacial score (nSPS) is 11.4. The molecule has 204 valence electrons. The zero-order chi connectivity index (χ0) is 28.4. The van der Waals surface area contributed by atoms with Crippen LogP contribution in [0.4, 0.5) is 4.79 Å². The van der Waals surface area contributed by atoms with Crippen LogP contribution >= 0.6 is 0 Å². The predicted molar refractivity (Wildman–Crippen MR) is 137 cm³/mol. The van der Waals surface area contributed by atoms with E-state index in [4.69, 9.17) is 0 Å². The maximum absolute atomic E-state index is 13.0. The van der Waals surface area contributed by atoms with Crippen molar-refractivity contribution in [3.05, 3.63) is 99.7 Å². The largest absolute Gasteiger partial charge is 0.550 e. The summed E-state index contributed by atoms with van der Waals surface area (Å²) in [6, 6.07) is 18.0. The fourth-order valence-electron chi connectivity index (χ4n) is 3.31. The van der Waals surface area contributed by atoms with E-state index < -0.39 is 47.6 Å². The minimum absolute atomic E-state index is 0.220. The third-order valence-corrected chi connectivity index (χ3v) is 5.30. The number of rotatable bonds is 9. The quantitative estimate of drug-likeness (QED) is 0.212. The van der Waals surface area contributed by atoms with E-state index in [2.05, 4.69) is 35.1 Å². The average molecular weight is 537 g/mol. The molecular weight excluding hydrogens is 508 g/mol. The molecular formula is C27H28N4O8. The minimum atomic E-state index is -1.18. The zero-order valence-electron chi connectivity index (χ0n) is 21.5. The summed E-state index contributed by atoms with van der Waals surface area (Å²) in [5.41, 5.74) is 0.516. The van der Waals surface area contributed by atoms with Gasteiger partial charge in [0, 0.05) is 12.7 Å². The molecule has 12 nitrogen and oxygen atoms in total. The number of aromatic amines is 1. The summed E-state index contributed by atoms with van der Waals surface area (Å²) in [6.45, 7) is 4.37. The third kappa shape index (κ3) is 8.25. The Bertz CT molecular complexity index is 1320. The van der Waals surface area contributed by atoms with Gasteiger partial charge in [0.05, 0.1) is 18.1 Å². The molecule has 0 spiro atoms. The molecule has 0 saturated heterocycles. The molecule has 2 aromatic carbocycles. The van der Waals surface area contributed by atoms with Gasteiger partial charge in [0.2, 0.25) is 0 Å². The van der Waals surface area contributed by atoms with Crippen molar-refractivity contribution in [2.45, 2.75) is 32.9 Å². The number of benzene rings is 2. The van der Waals surface area contributed by atoms with Crippen LogP contribution in [-0.2, 0) is 19.3 Å². The predicted octanol–water partition coefficient (Wildman–Crippen LogP) is 2.67. The molecule has 3 aromatic rings. The van der Waals surface area contributed by atoms with Crippen molar-refractivity contribution in [1.29, 1.82) is 0 Å². The van der Waals surface area contributed by atoms with E-state index in [9.17, 15) is 24.0 Å². The summed E-state index contributed by atoms with van der Waals surface area (Å²) in [5, 5.41) is 5.25. The van der Waals surface area contributed by atoms with Crippen molar-refractivity contribution in [2.24, 2.45) is 5.92 Å². The van der Waals surface area contributed by atoms with Gasteiger partial charge in [-0.05, 0) is 25.0 Å². The van der Waals surface area contributed by atoms with E-state index in [1.807, 2.05) is 60.7 Å². The molecule has 2 amide bonds. The first-order valence-corrected chi connectivity index (χ1v) is 12.0. The van der Waals surface area contributed by atoms with Crippen molar-refractivity contribution in [1.82, 2.24) is 20.6 Å². The SMILES string of the molecule is CC(C)OC(=O)OOC(=O)C(C)CNC(=O)c1ncc(C(=O)NC(c2ccccc2)c2ccccc2)c(=O)[nH]1. The molecule has 1 aromatic heterocycles. The summed E-state index contributed by atoms with van der Waals surface area (Å²) in [4.78, 5) is 76.1. The molecule has 0 aliphatic heterocycles. The number of hydrogen-bond donors (Lipinski definition) is 3. The molecule has 12 heteroatoms. The van der Waals surface area contributed by atoms with Crippen LogP contribution in [0.2, 0.25) is 0 Å². The molecule has 1 heterocycles. The van der Waals surface area contributed by atoms with Crippen LogP contribution in [0, 0.1) is 5.92 Å². The lowest BCUT2D eigenvalue weighted by Crippen LogP contribution is -2.37. The Labute approximate surface area is 223 Å². The number of aromatic nitrogens is 2. The van der Waals surface area contributed by atoms with Crippen LogP contribution in [0.5, 0.6) is 0 Å². The Morgan fingerprint density at radius 2 is 1.46 bits per heavy atom. The molecule has 0 saturated carbocycles. The van der Waals surface area contributed by atoms with Crippen molar-refractivity contribution in [3.63, 3.8) is 0 Å². The topological polar surface area (TPSA) is 166 Å². The monoisotopic (exact) mass is 536 g/mol. The van der Waals surface area contributed by atoms with Gasteiger partial charge >= 0.3 is 12.1 Å². The van der Waals surface area contributed by atoms with Crippen molar-refractivity contribution in [2.75, 3.05) is 6.54 Å². The van der Waals surface area contributed by atoms with Gasteiger partial charge in [-0.15, -0.1) is 0 Å². The molecule has 0 aliphatic rings. The zero-order valence-corrected chi connectivity index (χ0v) is 21.5. The van der Waals surface area contributed by atoms with Crippen LogP contribution in [0.25, 0.3) is 0 Å². The molecule has 0 fully saturated rings. The highest BCUT2D eigenvalue weighted by Crippen LogP contribution is 2.22. The minimum Gasteiger partial charge on any atom is -0.429 e. The van der Waals surface area contributed by atoms with Crippen LogP contribution in [0.1, 0.15) is 58.9 Å². The van der Waals surface area contributed by atoms with E-state index in [0.717, 1.165) is 17.3 Å². The molecule has 3 rings (SSSR count). The summed E-state index contributed by atoms with van der Waals surface area (Å²) in [6.07, 6.45) is -0.643. The number of hydrogen-bond acceptors (Lipinski definition) is 9. The molecule has 0 radical (unpaired) electrons. The second kappa shape index (κ2) is 13.5. The lowest BCUT2D eigenvalue weighted by Gasteiger charge is -2.19. The van der Waals surface area contributed by atoms with Gasteiger partial charge in [0.25, 0.3) is 17.4 Å². The highest BCUT2D eigenvalue weighted by atomic mass is 17.2. The Hall–Kier alpha value is -5.00. The number of H-pyrrole nitrogens is 1. The molecule has 3 N–H and O–H groups in total. The van der Waals surface area contributed by atoms with Crippen molar-refractivity contribution >= 4 is 23.9 Å². The molecule has 0 bridgehead atoms. The fraction of sp³-hybridized carbons (Fsp3) is 0.259. The van der Waals surface area contributed by atoms with Gasteiger partial charge in [-0.1, -0.05) is 67.6 Å². The summed E-state index contributed by atoms with van der Waals surface area (Å²) in [5.74, 6) is -3.69. The van der Waals surface area contributed by atoms with Crippen molar-refractivity contribution < 1.29 is 33.7 Å². The Morgan fingerprint density at radius 3 is 2.00 bits per heavy atom. The van der Waals surface area contributed by atoms with E-state index in [-0.39, 0.29) is 17.9 Å². The van der Waals surface area contributed by atoms with Crippen LogP contribution in [0.3, 0.4) is 0 Å². The maximum Gasteiger partial charge on any atom is 0.550 e. The Kier molecular flexibility index (Phi) is 9.90. The van der Waals surface area contributed by atoms with E-state index in [0.29, 0.717) is 0 Å². The van der Waals surface area contributed by atoms with Crippen molar-refractivity contribution in [3.8, 4) is 0 Å². The summed E-state index contributed by atoms with van der Waals surface area (Å²) >= 11 is 0. The van der Waals surface area contributed by atoms with Gasteiger partial charge in [-0.3, -0.25) is 14.4 Å².